The minimum absolute atomic E-state index is 0.302. The molecule has 3 heteroatoms. The molecule has 0 unspecified atom stereocenters. The van der Waals surface area contributed by atoms with Crippen LogP contribution in [0.15, 0.2) is 73.0 Å². The molecule has 0 spiro atoms. The summed E-state index contributed by atoms with van der Waals surface area (Å²) >= 11 is 0. The third-order valence-electron chi connectivity index (χ3n) is 3.75. The molecule has 0 saturated carbocycles. The summed E-state index contributed by atoms with van der Waals surface area (Å²) in [5.74, 6) is -0.302. The van der Waals surface area contributed by atoms with Crippen LogP contribution >= 0.6 is 0 Å². The maximum Gasteiger partial charge on any atom is 0.339 e. The van der Waals surface area contributed by atoms with Crippen molar-refractivity contribution in [2.45, 2.75) is 39.8 Å². The van der Waals surface area contributed by atoms with E-state index < -0.39 is 5.60 Å². The fourth-order valence-electron chi connectivity index (χ4n) is 2.53. The lowest BCUT2D eigenvalue weighted by atomic mass is 9.98. The van der Waals surface area contributed by atoms with E-state index in [4.69, 9.17) is 4.74 Å². The van der Waals surface area contributed by atoms with Gasteiger partial charge in [0, 0.05) is 12.2 Å². The van der Waals surface area contributed by atoms with Crippen LogP contribution in [-0.4, -0.2) is 11.6 Å². The van der Waals surface area contributed by atoms with Gasteiger partial charge >= 0.3 is 5.97 Å². The Kier molecular flexibility index (Phi) is 6.40. The first-order valence-corrected chi connectivity index (χ1v) is 8.75. The average Bonchev–Trinajstić information content (AvgIpc) is 2.59. The first-order chi connectivity index (χ1) is 12.3. The van der Waals surface area contributed by atoms with Crippen molar-refractivity contribution < 1.29 is 9.53 Å². The van der Waals surface area contributed by atoms with Gasteiger partial charge in [-0.05, 0) is 56.5 Å². The number of esters is 1. The maximum atomic E-state index is 12.5. The van der Waals surface area contributed by atoms with Crippen LogP contribution in [-0.2, 0) is 11.3 Å². The Morgan fingerprint density at radius 3 is 2.38 bits per heavy atom. The minimum atomic E-state index is -0.517. The van der Waals surface area contributed by atoms with Gasteiger partial charge in [-0.1, -0.05) is 55.1 Å². The highest BCUT2D eigenvalue weighted by Crippen LogP contribution is 2.26. The number of benzene rings is 2. The molecule has 26 heavy (non-hydrogen) atoms. The van der Waals surface area contributed by atoms with E-state index in [1.54, 1.807) is 6.08 Å². The van der Waals surface area contributed by atoms with Gasteiger partial charge in [-0.25, -0.2) is 4.79 Å². The summed E-state index contributed by atoms with van der Waals surface area (Å²) in [6, 6.07) is 15.7. The third kappa shape index (κ3) is 5.62. The molecule has 0 fully saturated rings. The van der Waals surface area contributed by atoms with Crippen LogP contribution in [0, 0.1) is 0 Å². The molecule has 2 aromatic carbocycles. The molecular weight excluding hydrogens is 322 g/mol. The molecule has 3 nitrogen and oxygen atoms in total. The van der Waals surface area contributed by atoms with Crippen LogP contribution in [0.5, 0.6) is 0 Å². The summed E-state index contributed by atoms with van der Waals surface area (Å²) < 4.78 is 5.53. The molecule has 136 valence electrons. The summed E-state index contributed by atoms with van der Waals surface area (Å²) in [6.07, 6.45) is 3.70. The quantitative estimate of drug-likeness (QED) is 0.554. The summed E-state index contributed by atoms with van der Waals surface area (Å²) in [7, 11) is 0. The highest BCUT2D eigenvalue weighted by atomic mass is 16.6. The number of carbonyl (C=O) groups is 1. The number of hydrogen-bond donors (Lipinski definition) is 1. The number of nitrogens with one attached hydrogen (secondary N) is 1. The smallest absolute Gasteiger partial charge is 0.339 e. The number of carbonyl (C=O) groups excluding carboxylic acids is 1. The van der Waals surface area contributed by atoms with Gasteiger partial charge in [-0.2, -0.15) is 0 Å². The van der Waals surface area contributed by atoms with Crippen molar-refractivity contribution >= 4 is 5.97 Å². The largest absolute Gasteiger partial charge is 0.456 e. The van der Waals surface area contributed by atoms with Gasteiger partial charge in [-0.15, -0.1) is 0 Å². The summed E-state index contributed by atoms with van der Waals surface area (Å²) in [6.45, 7) is 12.1. The lowest BCUT2D eigenvalue weighted by Gasteiger charge is -2.20. The van der Waals surface area contributed by atoms with Crippen LogP contribution in [0.3, 0.4) is 0 Å². The normalized spacial score (nSPS) is 11.8. The molecule has 0 atom stereocenters. The van der Waals surface area contributed by atoms with E-state index in [0.29, 0.717) is 5.56 Å². The Bertz CT molecular complexity index is 796. The lowest BCUT2D eigenvalue weighted by Crippen LogP contribution is -2.24. The maximum absolute atomic E-state index is 12.5. The average molecular weight is 349 g/mol. The van der Waals surface area contributed by atoms with Crippen LogP contribution in [0.1, 0.15) is 43.6 Å². The molecule has 0 aliphatic carbocycles. The molecular formula is C23H27NO2. The Morgan fingerprint density at radius 1 is 1.12 bits per heavy atom. The van der Waals surface area contributed by atoms with Gasteiger partial charge in [0.25, 0.3) is 0 Å². The number of allylic oxidation sites excluding steroid dienone is 3. The van der Waals surface area contributed by atoms with Gasteiger partial charge in [0.15, 0.2) is 0 Å². The predicted octanol–water partition coefficient (Wildman–Crippen LogP) is 5.49. The van der Waals surface area contributed by atoms with E-state index in [2.05, 4.69) is 24.0 Å². The number of hydrogen-bond acceptors (Lipinski definition) is 3. The van der Waals surface area contributed by atoms with Gasteiger partial charge < -0.3 is 10.1 Å². The zero-order chi connectivity index (χ0) is 19.2. The molecule has 2 aromatic rings. The van der Waals surface area contributed by atoms with Gasteiger partial charge in [-0.3, -0.25) is 0 Å². The lowest BCUT2D eigenvalue weighted by molar-refractivity contribution is 0.00705. The molecule has 0 aromatic heterocycles. The molecule has 0 aliphatic heterocycles. The fourth-order valence-corrected chi connectivity index (χ4v) is 2.53. The van der Waals surface area contributed by atoms with Crippen molar-refractivity contribution in [3.8, 4) is 11.1 Å². The van der Waals surface area contributed by atoms with Crippen LogP contribution in [0.4, 0.5) is 0 Å². The first kappa shape index (κ1) is 19.5. The van der Waals surface area contributed by atoms with E-state index in [-0.39, 0.29) is 5.97 Å². The topological polar surface area (TPSA) is 38.3 Å². The fraction of sp³-hybridized carbons (Fsp3) is 0.261. The molecule has 1 N–H and O–H groups in total. The summed E-state index contributed by atoms with van der Waals surface area (Å²) in [5.41, 5.74) is 4.17. The van der Waals surface area contributed by atoms with Crippen molar-refractivity contribution in [2.24, 2.45) is 0 Å². The van der Waals surface area contributed by atoms with Crippen LogP contribution < -0.4 is 5.32 Å². The molecule has 0 saturated heterocycles. The third-order valence-corrected chi connectivity index (χ3v) is 3.75. The second-order valence-corrected chi connectivity index (χ2v) is 7.18. The van der Waals surface area contributed by atoms with Crippen molar-refractivity contribution in [3.63, 3.8) is 0 Å². The van der Waals surface area contributed by atoms with Crippen molar-refractivity contribution in [3.05, 3.63) is 84.1 Å². The van der Waals surface area contributed by atoms with Crippen LogP contribution in [0.2, 0.25) is 0 Å². The molecule has 0 amide bonds. The highest BCUT2D eigenvalue weighted by molar-refractivity contribution is 5.97. The standard InChI is InChI=1S/C23H27NO2/c1-6-9-17(2)24-16-18-12-14-19(15-13-18)20-10-7-8-11-21(20)22(25)26-23(3,4)5/h6-15,24H,1,16H2,2-5H3/b17-9+. The van der Waals surface area contributed by atoms with Gasteiger partial charge in [0.2, 0.25) is 0 Å². The summed E-state index contributed by atoms with van der Waals surface area (Å²) in [5, 5.41) is 3.33. The zero-order valence-electron chi connectivity index (χ0n) is 16.0. The molecule has 0 radical (unpaired) electrons. The molecule has 2 rings (SSSR count). The van der Waals surface area contributed by atoms with Crippen molar-refractivity contribution in [1.82, 2.24) is 5.32 Å². The van der Waals surface area contributed by atoms with E-state index in [1.807, 2.05) is 70.2 Å². The Labute approximate surface area is 156 Å². The number of ether oxygens (including phenoxy) is 1. The van der Waals surface area contributed by atoms with E-state index in [0.717, 1.165) is 23.4 Å². The second-order valence-electron chi connectivity index (χ2n) is 7.18. The predicted molar refractivity (Wildman–Crippen MR) is 108 cm³/mol. The van der Waals surface area contributed by atoms with E-state index in [9.17, 15) is 4.79 Å². The van der Waals surface area contributed by atoms with Crippen molar-refractivity contribution in [2.75, 3.05) is 0 Å². The highest BCUT2D eigenvalue weighted by Gasteiger charge is 2.20. The minimum Gasteiger partial charge on any atom is -0.456 e. The summed E-state index contributed by atoms with van der Waals surface area (Å²) in [4.78, 5) is 12.5. The monoisotopic (exact) mass is 349 g/mol. The number of rotatable bonds is 6. The van der Waals surface area contributed by atoms with Gasteiger partial charge in [0.1, 0.15) is 5.60 Å². The Morgan fingerprint density at radius 2 is 1.77 bits per heavy atom. The molecule has 0 heterocycles. The second kappa shape index (κ2) is 8.52. The SMILES string of the molecule is C=C/C=C(\C)NCc1ccc(-c2ccccc2C(=O)OC(C)(C)C)cc1. The zero-order valence-corrected chi connectivity index (χ0v) is 16.0. The van der Waals surface area contributed by atoms with E-state index >= 15 is 0 Å². The first-order valence-electron chi connectivity index (χ1n) is 8.75. The molecule has 0 aliphatic rings. The van der Waals surface area contributed by atoms with Crippen molar-refractivity contribution in [1.29, 1.82) is 0 Å². The van der Waals surface area contributed by atoms with Gasteiger partial charge in [0.05, 0.1) is 5.56 Å². The Hall–Kier alpha value is -2.81. The van der Waals surface area contributed by atoms with E-state index in [1.165, 1.54) is 5.56 Å². The molecule has 0 bridgehead atoms. The Balaban J connectivity index is 2.20. The van der Waals surface area contributed by atoms with Crippen LogP contribution in [0.25, 0.3) is 11.1 Å².